The largest absolute Gasteiger partial charge is 0.309 e. The second kappa shape index (κ2) is 13.6. The maximum absolute atomic E-state index is 5.30. The molecular formula is C57H44N4. The van der Waals surface area contributed by atoms with Gasteiger partial charge >= 0.3 is 0 Å². The van der Waals surface area contributed by atoms with Crippen LogP contribution < -0.4 is 0 Å². The molecule has 4 aliphatic rings. The van der Waals surface area contributed by atoms with E-state index in [2.05, 4.69) is 162 Å². The lowest BCUT2D eigenvalue weighted by molar-refractivity contribution is -0.00518. The SMILES string of the molecule is c1ccc(-c2nc(-c3ccc(-n4c5ccccc5c5cc6ccccc6cc54)cc3)nc(-c3cccc4cccc(-c5ccc(C67CC8CC(CC(C8)C6)C7)cc5)c34)n2)cc1. The van der Waals surface area contributed by atoms with Gasteiger partial charge in [0.25, 0.3) is 0 Å². The maximum Gasteiger partial charge on any atom is 0.164 e. The Bertz CT molecular complexity index is 3280. The van der Waals surface area contributed by atoms with Crippen LogP contribution >= 0.6 is 0 Å². The van der Waals surface area contributed by atoms with Gasteiger partial charge in [-0.3, -0.25) is 0 Å². The number of hydrogen-bond acceptors (Lipinski definition) is 3. The summed E-state index contributed by atoms with van der Waals surface area (Å²) in [5, 5.41) is 7.31. The standard InChI is InChI=1S/C57H44N4/c1-2-10-41(11-3-1)54-58-55(42-22-26-46(27-23-42)61-51-19-7-6-16-48(51)50-31-43-12-4-5-13-44(43)32-52(50)61)60-56(59-54)49-18-9-15-40-14-8-17-47(53(40)49)39-20-24-45(25-21-39)57-33-36-28-37(34-57)30-38(29-36)35-57/h1-27,31-32,36-38H,28-30,33-35H2. The van der Waals surface area contributed by atoms with E-state index in [-0.39, 0.29) is 0 Å². The van der Waals surface area contributed by atoms with E-state index in [4.69, 9.17) is 15.0 Å². The number of fused-ring (bicyclic) bond motifs is 5. The molecule has 0 N–H and O–H groups in total. The number of hydrogen-bond donors (Lipinski definition) is 0. The highest BCUT2D eigenvalue weighted by Crippen LogP contribution is 2.61. The van der Waals surface area contributed by atoms with Crippen molar-refractivity contribution in [1.29, 1.82) is 0 Å². The Morgan fingerprint density at radius 3 is 1.67 bits per heavy atom. The number of nitrogens with zero attached hydrogens (tertiary/aromatic N) is 4. The summed E-state index contributed by atoms with van der Waals surface area (Å²) in [7, 11) is 0. The second-order valence-electron chi connectivity index (χ2n) is 18.3. The van der Waals surface area contributed by atoms with Crippen LogP contribution in [0.4, 0.5) is 0 Å². The average Bonchev–Trinajstić information content (AvgIpc) is 3.63. The van der Waals surface area contributed by atoms with Crippen molar-refractivity contribution in [2.75, 3.05) is 0 Å². The molecule has 10 aromatic rings. The molecule has 4 fully saturated rings. The normalized spacial score (nSPS) is 20.6. The summed E-state index contributed by atoms with van der Waals surface area (Å²) < 4.78 is 2.38. The summed E-state index contributed by atoms with van der Waals surface area (Å²) in [5.41, 5.74) is 10.8. The Hall–Kier alpha value is -6.91. The Morgan fingerprint density at radius 2 is 0.967 bits per heavy atom. The van der Waals surface area contributed by atoms with Crippen LogP contribution in [0.3, 0.4) is 0 Å². The molecule has 0 spiro atoms. The van der Waals surface area contributed by atoms with Gasteiger partial charge in [-0.1, -0.05) is 133 Å². The van der Waals surface area contributed by atoms with Gasteiger partial charge in [0.1, 0.15) is 0 Å². The van der Waals surface area contributed by atoms with Crippen LogP contribution in [0.15, 0.2) is 176 Å². The third-order valence-corrected chi connectivity index (χ3v) is 14.6. The molecule has 0 amide bonds. The molecular weight excluding hydrogens is 741 g/mol. The number of benzene rings is 8. The number of para-hydroxylation sites is 1. The fourth-order valence-corrected chi connectivity index (χ4v) is 12.3. The van der Waals surface area contributed by atoms with Crippen molar-refractivity contribution >= 4 is 43.4 Å². The molecule has 0 unspecified atom stereocenters. The van der Waals surface area contributed by atoms with Crippen molar-refractivity contribution in [2.45, 2.75) is 43.9 Å². The summed E-state index contributed by atoms with van der Waals surface area (Å²) >= 11 is 0. The van der Waals surface area contributed by atoms with Crippen molar-refractivity contribution in [3.8, 4) is 51.0 Å². The van der Waals surface area contributed by atoms with Crippen LogP contribution in [0.2, 0.25) is 0 Å². The lowest BCUT2D eigenvalue weighted by Crippen LogP contribution is -2.48. The molecule has 8 aromatic carbocycles. The topological polar surface area (TPSA) is 43.6 Å². The molecule has 0 aliphatic heterocycles. The van der Waals surface area contributed by atoms with Gasteiger partial charge in [0.2, 0.25) is 0 Å². The fraction of sp³-hybridized carbons (Fsp3) is 0.175. The van der Waals surface area contributed by atoms with Gasteiger partial charge in [0.15, 0.2) is 17.5 Å². The molecule has 4 aliphatic carbocycles. The molecule has 2 aromatic heterocycles. The van der Waals surface area contributed by atoms with Crippen LogP contribution in [-0.2, 0) is 5.41 Å². The lowest BCUT2D eigenvalue weighted by Gasteiger charge is -2.57. The fourth-order valence-electron chi connectivity index (χ4n) is 12.3. The number of rotatable bonds is 6. The van der Waals surface area contributed by atoms with E-state index in [9.17, 15) is 0 Å². The summed E-state index contributed by atoms with van der Waals surface area (Å²) in [4.78, 5) is 15.7. The smallest absolute Gasteiger partial charge is 0.164 e. The highest BCUT2D eigenvalue weighted by molar-refractivity contribution is 6.13. The molecule has 61 heavy (non-hydrogen) atoms. The second-order valence-corrected chi connectivity index (χ2v) is 18.3. The highest BCUT2D eigenvalue weighted by Gasteiger charge is 2.51. The Kier molecular flexibility index (Phi) is 7.76. The van der Waals surface area contributed by atoms with Crippen LogP contribution in [-0.4, -0.2) is 19.5 Å². The molecule has 4 saturated carbocycles. The Labute approximate surface area is 355 Å². The average molecular weight is 785 g/mol. The molecule has 14 rings (SSSR count). The summed E-state index contributed by atoms with van der Waals surface area (Å²) in [5.74, 6) is 4.77. The highest BCUT2D eigenvalue weighted by atomic mass is 15.0. The predicted octanol–water partition coefficient (Wildman–Crippen LogP) is 14.4. The quantitative estimate of drug-likeness (QED) is 0.169. The van der Waals surface area contributed by atoms with Gasteiger partial charge < -0.3 is 4.57 Å². The third kappa shape index (κ3) is 5.69. The van der Waals surface area contributed by atoms with E-state index in [0.717, 1.165) is 45.5 Å². The molecule has 2 heterocycles. The molecule has 4 nitrogen and oxygen atoms in total. The van der Waals surface area contributed by atoms with Crippen LogP contribution in [0.1, 0.15) is 44.1 Å². The van der Waals surface area contributed by atoms with Crippen molar-refractivity contribution < 1.29 is 0 Å². The van der Waals surface area contributed by atoms with E-state index in [0.29, 0.717) is 22.9 Å². The monoisotopic (exact) mass is 784 g/mol. The van der Waals surface area contributed by atoms with E-state index in [1.807, 2.05) is 18.2 Å². The van der Waals surface area contributed by atoms with Gasteiger partial charge in [0.05, 0.1) is 11.0 Å². The zero-order valence-corrected chi connectivity index (χ0v) is 34.0. The molecule has 4 bridgehead atoms. The van der Waals surface area contributed by atoms with E-state index in [1.54, 1.807) is 5.56 Å². The van der Waals surface area contributed by atoms with Gasteiger partial charge in [-0.15, -0.1) is 0 Å². The molecule has 0 saturated heterocycles. The first kappa shape index (κ1) is 34.9. The summed E-state index contributed by atoms with van der Waals surface area (Å²) in [6.45, 7) is 0. The number of aromatic nitrogens is 4. The summed E-state index contributed by atoms with van der Waals surface area (Å²) in [6.07, 6.45) is 8.53. The Balaban J connectivity index is 0.925. The van der Waals surface area contributed by atoms with E-state index >= 15 is 0 Å². The van der Waals surface area contributed by atoms with Crippen LogP contribution in [0.5, 0.6) is 0 Å². The first-order valence-electron chi connectivity index (χ1n) is 22.1. The van der Waals surface area contributed by atoms with E-state index in [1.165, 1.54) is 87.6 Å². The van der Waals surface area contributed by atoms with Gasteiger partial charge in [0, 0.05) is 38.5 Å². The third-order valence-electron chi connectivity index (χ3n) is 14.6. The van der Waals surface area contributed by atoms with Gasteiger partial charge in [-0.2, -0.15) is 0 Å². The van der Waals surface area contributed by atoms with Crippen molar-refractivity contribution in [3.63, 3.8) is 0 Å². The van der Waals surface area contributed by atoms with Gasteiger partial charge in [-0.25, -0.2) is 15.0 Å². The van der Waals surface area contributed by atoms with Crippen molar-refractivity contribution in [2.24, 2.45) is 17.8 Å². The summed E-state index contributed by atoms with van der Waals surface area (Å²) in [6, 6.07) is 63.8. The zero-order valence-electron chi connectivity index (χ0n) is 34.0. The van der Waals surface area contributed by atoms with E-state index < -0.39 is 0 Å². The maximum atomic E-state index is 5.30. The van der Waals surface area contributed by atoms with Crippen LogP contribution in [0.25, 0.3) is 94.3 Å². The van der Waals surface area contributed by atoms with Gasteiger partial charge in [-0.05, 0) is 137 Å². The Morgan fingerprint density at radius 1 is 0.410 bits per heavy atom. The minimum absolute atomic E-state index is 0.378. The molecule has 0 atom stereocenters. The van der Waals surface area contributed by atoms with Crippen molar-refractivity contribution in [3.05, 3.63) is 181 Å². The predicted molar refractivity (Wildman–Crippen MR) is 251 cm³/mol. The minimum Gasteiger partial charge on any atom is -0.309 e. The minimum atomic E-state index is 0.378. The lowest BCUT2D eigenvalue weighted by atomic mass is 9.48. The molecule has 4 heteroatoms. The molecule has 292 valence electrons. The van der Waals surface area contributed by atoms with Crippen LogP contribution in [0, 0.1) is 17.8 Å². The zero-order chi connectivity index (χ0) is 40.1. The van der Waals surface area contributed by atoms with Crippen molar-refractivity contribution in [1.82, 2.24) is 19.5 Å². The molecule has 0 radical (unpaired) electrons. The first-order valence-corrected chi connectivity index (χ1v) is 22.1. The first-order chi connectivity index (χ1) is 30.1.